The van der Waals surface area contributed by atoms with Gasteiger partial charge < -0.3 is 5.32 Å². The van der Waals surface area contributed by atoms with Crippen LogP contribution in [0.5, 0.6) is 0 Å². The molecule has 0 spiro atoms. The van der Waals surface area contributed by atoms with Crippen molar-refractivity contribution < 1.29 is 0 Å². The van der Waals surface area contributed by atoms with Crippen LogP contribution in [0, 0.1) is 0 Å². The summed E-state index contributed by atoms with van der Waals surface area (Å²) in [5, 5.41) is 3.69. The average molecular weight is 277 g/mol. The first-order chi connectivity index (χ1) is 10.3. The highest BCUT2D eigenvalue weighted by atomic mass is 16.1. The van der Waals surface area contributed by atoms with Crippen molar-refractivity contribution in [3.05, 3.63) is 76.6 Å². The summed E-state index contributed by atoms with van der Waals surface area (Å²) in [6.45, 7) is 0.593. The molecule has 0 aliphatic heterocycles. The van der Waals surface area contributed by atoms with Crippen LogP contribution in [0.3, 0.4) is 0 Å². The molecular formula is C17H15N3O. The number of para-hydroxylation sites is 1. The molecule has 3 rings (SSSR count). The summed E-state index contributed by atoms with van der Waals surface area (Å²) in [4.78, 5) is 19.0. The van der Waals surface area contributed by atoms with E-state index in [-0.39, 0.29) is 5.56 Å². The molecule has 0 aliphatic carbocycles. The summed E-state index contributed by atoms with van der Waals surface area (Å²) in [7, 11) is 0. The minimum atomic E-state index is -0.130. The van der Waals surface area contributed by atoms with Gasteiger partial charge in [0.2, 0.25) is 5.95 Å². The fourth-order valence-electron chi connectivity index (χ4n) is 2.08. The molecule has 0 unspecified atom stereocenters. The van der Waals surface area contributed by atoms with Gasteiger partial charge in [-0.25, -0.2) is 4.98 Å². The molecule has 0 radical (unpaired) electrons. The Kier molecular flexibility index (Phi) is 3.78. The molecule has 3 aromatic rings. The SMILES string of the molecule is O=c1[nH]c(NC/C=C/c2ccccc2)nc2ccccc12. The maximum atomic E-state index is 11.9. The first kappa shape index (κ1) is 13.1. The van der Waals surface area contributed by atoms with Crippen molar-refractivity contribution in [3.63, 3.8) is 0 Å². The van der Waals surface area contributed by atoms with E-state index in [1.165, 1.54) is 0 Å². The Balaban J connectivity index is 1.71. The third-order valence-corrected chi connectivity index (χ3v) is 3.11. The van der Waals surface area contributed by atoms with Crippen LogP contribution in [0.1, 0.15) is 5.56 Å². The lowest BCUT2D eigenvalue weighted by Gasteiger charge is -2.03. The van der Waals surface area contributed by atoms with E-state index in [1.807, 2.05) is 60.7 Å². The lowest BCUT2D eigenvalue weighted by Crippen LogP contribution is -2.13. The van der Waals surface area contributed by atoms with E-state index in [2.05, 4.69) is 15.3 Å². The molecule has 0 amide bonds. The van der Waals surface area contributed by atoms with Crippen molar-refractivity contribution in [1.29, 1.82) is 0 Å². The molecule has 1 aromatic heterocycles. The lowest BCUT2D eigenvalue weighted by molar-refractivity contribution is 1.12. The number of rotatable bonds is 4. The van der Waals surface area contributed by atoms with Crippen LogP contribution < -0.4 is 10.9 Å². The van der Waals surface area contributed by atoms with Gasteiger partial charge in [0, 0.05) is 6.54 Å². The second-order valence-electron chi connectivity index (χ2n) is 4.63. The fraction of sp³-hybridized carbons (Fsp3) is 0.0588. The number of benzene rings is 2. The van der Waals surface area contributed by atoms with E-state index in [9.17, 15) is 4.79 Å². The average Bonchev–Trinajstić information content (AvgIpc) is 2.53. The maximum Gasteiger partial charge on any atom is 0.260 e. The zero-order valence-electron chi connectivity index (χ0n) is 11.4. The highest BCUT2D eigenvalue weighted by Gasteiger charge is 2.01. The standard InChI is InChI=1S/C17H15N3O/c21-16-14-10-4-5-11-15(14)19-17(20-16)18-12-6-9-13-7-2-1-3-8-13/h1-11H,12H2,(H2,18,19,20,21)/b9-6+. The van der Waals surface area contributed by atoms with E-state index < -0.39 is 0 Å². The second kappa shape index (κ2) is 6.05. The highest BCUT2D eigenvalue weighted by Crippen LogP contribution is 2.07. The third-order valence-electron chi connectivity index (χ3n) is 3.11. The van der Waals surface area contributed by atoms with E-state index in [1.54, 1.807) is 6.07 Å². The number of aromatic nitrogens is 2. The van der Waals surface area contributed by atoms with Crippen LogP contribution in [0.2, 0.25) is 0 Å². The number of hydrogen-bond donors (Lipinski definition) is 2. The molecule has 0 saturated heterocycles. The van der Waals surface area contributed by atoms with Crippen LogP contribution in [-0.2, 0) is 0 Å². The zero-order valence-corrected chi connectivity index (χ0v) is 11.4. The predicted molar refractivity (Wildman–Crippen MR) is 86.3 cm³/mol. The van der Waals surface area contributed by atoms with Crippen molar-refractivity contribution in [2.75, 3.05) is 11.9 Å². The molecular weight excluding hydrogens is 262 g/mol. The van der Waals surface area contributed by atoms with Crippen LogP contribution in [-0.4, -0.2) is 16.5 Å². The maximum absolute atomic E-state index is 11.9. The van der Waals surface area contributed by atoms with Crippen molar-refractivity contribution in [2.24, 2.45) is 0 Å². The van der Waals surface area contributed by atoms with E-state index in [0.717, 1.165) is 5.56 Å². The number of fused-ring (bicyclic) bond motifs is 1. The Labute approximate surface area is 122 Å². The van der Waals surface area contributed by atoms with Crippen LogP contribution >= 0.6 is 0 Å². The van der Waals surface area contributed by atoms with Crippen LogP contribution in [0.25, 0.3) is 17.0 Å². The van der Waals surface area contributed by atoms with Gasteiger partial charge in [-0.1, -0.05) is 54.6 Å². The van der Waals surface area contributed by atoms with Crippen molar-refractivity contribution in [1.82, 2.24) is 9.97 Å². The van der Waals surface area contributed by atoms with Crippen LogP contribution in [0.4, 0.5) is 5.95 Å². The van der Waals surface area contributed by atoms with Gasteiger partial charge in [0.1, 0.15) is 0 Å². The molecule has 4 heteroatoms. The monoisotopic (exact) mass is 277 g/mol. The number of hydrogen-bond acceptors (Lipinski definition) is 3. The summed E-state index contributed by atoms with van der Waals surface area (Å²) in [5.74, 6) is 0.483. The van der Waals surface area contributed by atoms with Crippen molar-refractivity contribution in [3.8, 4) is 0 Å². The van der Waals surface area contributed by atoms with E-state index >= 15 is 0 Å². The van der Waals surface area contributed by atoms with Gasteiger partial charge in [0.25, 0.3) is 5.56 Å². The molecule has 104 valence electrons. The molecule has 0 fully saturated rings. The number of H-pyrrole nitrogens is 1. The van der Waals surface area contributed by atoms with Gasteiger partial charge in [0.05, 0.1) is 10.9 Å². The molecule has 21 heavy (non-hydrogen) atoms. The Morgan fingerprint density at radius 2 is 1.81 bits per heavy atom. The Morgan fingerprint density at radius 1 is 1.05 bits per heavy atom. The van der Waals surface area contributed by atoms with Gasteiger partial charge in [-0.05, 0) is 17.7 Å². The van der Waals surface area contributed by atoms with Gasteiger partial charge >= 0.3 is 0 Å². The van der Waals surface area contributed by atoms with Crippen molar-refractivity contribution >= 4 is 22.9 Å². The minimum Gasteiger partial charge on any atom is -0.352 e. The summed E-state index contributed by atoms with van der Waals surface area (Å²) >= 11 is 0. The largest absolute Gasteiger partial charge is 0.352 e. The molecule has 2 aromatic carbocycles. The summed E-state index contributed by atoms with van der Waals surface area (Å²) in [5.41, 5.74) is 1.70. The quantitative estimate of drug-likeness (QED) is 0.770. The van der Waals surface area contributed by atoms with Gasteiger partial charge in [-0.2, -0.15) is 0 Å². The summed E-state index contributed by atoms with van der Waals surface area (Å²) < 4.78 is 0. The Bertz CT molecular complexity index is 822. The molecule has 0 bridgehead atoms. The summed E-state index contributed by atoms with van der Waals surface area (Å²) in [6, 6.07) is 17.3. The molecule has 4 nitrogen and oxygen atoms in total. The zero-order chi connectivity index (χ0) is 14.5. The Hall–Kier alpha value is -2.88. The normalized spacial score (nSPS) is 11.0. The number of nitrogens with zero attached hydrogens (tertiary/aromatic N) is 1. The highest BCUT2D eigenvalue weighted by molar-refractivity contribution is 5.78. The molecule has 2 N–H and O–H groups in total. The van der Waals surface area contributed by atoms with Crippen molar-refractivity contribution in [2.45, 2.75) is 0 Å². The molecule has 0 atom stereocenters. The van der Waals surface area contributed by atoms with E-state index in [0.29, 0.717) is 23.4 Å². The number of anilines is 1. The second-order valence-corrected chi connectivity index (χ2v) is 4.63. The minimum absolute atomic E-state index is 0.130. The number of aromatic amines is 1. The predicted octanol–water partition coefficient (Wildman–Crippen LogP) is 3.05. The third kappa shape index (κ3) is 3.17. The number of nitrogens with one attached hydrogen (secondary N) is 2. The molecule has 0 aliphatic rings. The first-order valence-corrected chi connectivity index (χ1v) is 6.77. The van der Waals surface area contributed by atoms with Gasteiger partial charge in [-0.3, -0.25) is 9.78 Å². The van der Waals surface area contributed by atoms with Gasteiger partial charge in [-0.15, -0.1) is 0 Å². The molecule has 0 saturated carbocycles. The molecule has 1 heterocycles. The van der Waals surface area contributed by atoms with Gasteiger partial charge in [0.15, 0.2) is 0 Å². The smallest absolute Gasteiger partial charge is 0.260 e. The topological polar surface area (TPSA) is 57.8 Å². The summed E-state index contributed by atoms with van der Waals surface area (Å²) in [6.07, 6.45) is 4.01. The first-order valence-electron chi connectivity index (χ1n) is 6.77. The lowest BCUT2D eigenvalue weighted by atomic mass is 10.2. The van der Waals surface area contributed by atoms with Crippen LogP contribution in [0.15, 0.2) is 65.5 Å². The van der Waals surface area contributed by atoms with E-state index in [4.69, 9.17) is 0 Å². The fourth-order valence-corrected chi connectivity index (χ4v) is 2.08. The Morgan fingerprint density at radius 3 is 2.67 bits per heavy atom.